The molecule has 1 aliphatic rings. The lowest BCUT2D eigenvalue weighted by Crippen LogP contribution is -2.51. The fraction of sp³-hybridized carbons (Fsp3) is 0.217. The lowest BCUT2D eigenvalue weighted by atomic mass is 9.92. The number of carbonyl (C=O) groups is 3. The van der Waals surface area contributed by atoms with Crippen LogP contribution in [-0.4, -0.2) is 34.8 Å². The van der Waals surface area contributed by atoms with Crippen LogP contribution in [0.4, 0.5) is 5.69 Å². The predicted molar refractivity (Wildman–Crippen MR) is 121 cm³/mol. The number of carbonyl (C=O) groups excluding carboxylic acids is 3. The van der Waals surface area contributed by atoms with Crippen LogP contribution < -0.4 is 10.3 Å². The SMILES string of the molecule is Cc1ccc(C)c(N2C/C(=N/NC(=O)CC#N)[C@H](c3nc4ccccc4s3)C(=O)C2=O)c1. The Morgan fingerprint density at radius 3 is 2.81 bits per heavy atom. The summed E-state index contributed by atoms with van der Waals surface area (Å²) in [5.41, 5.74) is 5.74. The van der Waals surface area contributed by atoms with E-state index in [2.05, 4.69) is 15.5 Å². The first-order chi connectivity index (χ1) is 15.4. The van der Waals surface area contributed by atoms with Crippen molar-refractivity contribution in [3.8, 4) is 6.07 Å². The van der Waals surface area contributed by atoms with Gasteiger partial charge in [0.2, 0.25) is 5.78 Å². The number of anilines is 1. The fourth-order valence-electron chi connectivity index (χ4n) is 3.55. The highest BCUT2D eigenvalue weighted by molar-refractivity contribution is 7.19. The van der Waals surface area contributed by atoms with Gasteiger partial charge in [-0.05, 0) is 43.2 Å². The van der Waals surface area contributed by atoms with Gasteiger partial charge in [0, 0.05) is 5.69 Å². The first kappa shape index (κ1) is 21.3. The normalized spacial score (nSPS) is 17.6. The Balaban J connectivity index is 1.78. The highest BCUT2D eigenvalue weighted by atomic mass is 32.1. The van der Waals surface area contributed by atoms with Gasteiger partial charge in [-0.15, -0.1) is 11.3 Å². The number of para-hydroxylation sites is 1. The van der Waals surface area contributed by atoms with Crippen LogP contribution in [0.2, 0.25) is 0 Å². The number of thiazole rings is 1. The molecule has 2 amide bonds. The van der Waals surface area contributed by atoms with Gasteiger partial charge in [-0.25, -0.2) is 10.4 Å². The molecule has 3 aromatic rings. The zero-order valence-electron chi connectivity index (χ0n) is 17.5. The predicted octanol–water partition coefficient (Wildman–Crippen LogP) is 3.00. The molecule has 1 saturated heterocycles. The summed E-state index contributed by atoms with van der Waals surface area (Å²) < 4.78 is 0.882. The zero-order chi connectivity index (χ0) is 22.8. The Morgan fingerprint density at radius 1 is 1.28 bits per heavy atom. The van der Waals surface area contributed by atoms with E-state index in [-0.39, 0.29) is 13.0 Å². The van der Waals surface area contributed by atoms with Gasteiger partial charge in [0.05, 0.1) is 28.5 Å². The summed E-state index contributed by atoms with van der Waals surface area (Å²) in [5.74, 6) is -2.90. The van der Waals surface area contributed by atoms with Gasteiger partial charge in [0.15, 0.2) is 0 Å². The van der Waals surface area contributed by atoms with Crippen molar-refractivity contribution in [2.75, 3.05) is 11.4 Å². The minimum atomic E-state index is -0.997. The Kier molecular flexibility index (Phi) is 5.79. The number of hydrogen-bond acceptors (Lipinski definition) is 7. The Hall–Kier alpha value is -3.90. The van der Waals surface area contributed by atoms with Crippen LogP contribution in [0.1, 0.15) is 28.5 Å². The number of aryl methyl sites for hydroxylation is 2. The molecular weight excluding hydrogens is 426 g/mol. The van der Waals surface area contributed by atoms with Crippen molar-refractivity contribution >= 4 is 50.6 Å². The zero-order valence-corrected chi connectivity index (χ0v) is 18.3. The van der Waals surface area contributed by atoms with E-state index in [9.17, 15) is 14.4 Å². The molecule has 4 rings (SSSR count). The highest BCUT2D eigenvalue weighted by Gasteiger charge is 2.43. The third-order valence-corrected chi connectivity index (χ3v) is 6.25. The van der Waals surface area contributed by atoms with Crippen LogP contribution in [0.15, 0.2) is 47.6 Å². The van der Waals surface area contributed by atoms with Crippen LogP contribution in [0, 0.1) is 25.2 Å². The van der Waals surface area contributed by atoms with Crippen molar-refractivity contribution in [2.45, 2.75) is 26.2 Å². The first-order valence-electron chi connectivity index (χ1n) is 9.89. The molecule has 9 heteroatoms. The molecule has 2 aromatic carbocycles. The number of Topliss-reactive ketones (excluding diaryl/α,β-unsaturated/α-hetero) is 1. The number of nitriles is 1. The molecule has 0 spiro atoms. The van der Waals surface area contributed by atoms with Crippen LogP contribution >= 0.6 is 11.3 Å². The summed E-state index contributed by atoms with van der Waals surface area (Å²) in [6.45, 7) is 3.78. The van der Waals surface area contributed by atoms with Gasteiger partial charge in [-0.2, -0.15) is 10.4 Å². The standard InChI is InChI=1S/C23H19N5O3S/c1-13-7-8-14(2)17(11-13)28-12-16(26-27-19(29)9-10-24)20(21(30)23(28)31)22-25-15-5-3-4-6-18(15)32-22/h3-8,11,20H,9,12H2,1-2H3,(H,27,29)/b26-16-/t20-/m0/s1. The number of piperidine rings is 1. The van der Waals surface area contributed by atoms with E-state index in [1.165, 1.54) is 16.2 Å². The molecule has 0 radical (unpaired) electrons. The molecule has 1 aromatic heterocycles. The monoisotopic (exact) mass is 445 g/mol. The van der Waals surface area contributed by atoms with Gasteiger partial charge in [0.1, 0.15) is 17.3 Å². The van der Waals surface area contributed by atoms with Gasteiger partial charge >= 0.3 is 0 Å². The molecule has 0 bridgehead atoms. The number of fused-ring (bicyclic) bond motifs is 1. The number of nitrogens with one attached hydrogen (secondary N) is 1. The average molecular weight is 446 g/mol. The number of hydrazone groups is 1. The van der Waals surface area contributed by atoms with E-state index < -0.39 is 23.5 Å². The second kappa shape index (κ2) is 8.69. The van der Waals surface area contributed by atoms with Gasteiger partial charge in [-0.1, -0.05) is 24.3 Å². The third kappa shape index (κ3) is 4.00. The molecule has 0 aliphatic carbocycles. The van der Waals surface area contributed by atoms with E-state index in [0.717, 1.165) is 21.3 Å². The van der Waals surface area contributed by atoms with Crippen LogP contribution in [0.25, 0.3) is 10.2 Å². The number of benzene rings is 2. The maximum absolute atomic E-state index is 13.3. The molecule has 8 nitrogen and oxygen atoms in total. The lowest BCUT2D eigenvalue weighted by molar-refractivity contribution is -0.136. The summed E-state index contributed by atoms with van der Waals surface area (Å²) in [7, 11) is 0. The van der Waals surface area contributed by atoms with E-state index in [0.29, 0.717) is 16.4 Å². The largest absolute Gasteiger partial charge is 0.300 e. The van der Waals surface area contributed by atoms with E-state index in [1.54, 1.807) is 6.07 Å². The Morgan fingerprint density at radius 2 is 2.06 bits per heavy atom. The molecule has 1 N–H and O–H groups in total. The first-order valence-corrected chi connectivity index (χ1v) is 10.7. The summed E-state index contributed by atoms with van der Waals surface area (Å²) in [6.07, 6.45) is -0.365. The van der Waals surface area contributed by atoms with Crippen LogP contribution in [0.3, 0.4) is 0 Å². The number of ketones is 1. The maximum atomic E-state index is 13.3. The van der Waals surface area contributed by atoms with Crippen molar-refractivity contribution in [3.63, 3.8) is 0 Å². The molecule has 1 atom stereocenters. The van der Waals surface area contributed by atoms with Crippen molar-refractivity contribution in [1.29, 1.82) is 5.26 Å². The minimum Gasteiger partial charge on any atom is -0.300 e. The number of amides is 2. The highest BCUT2D eigenvalue weighted by Crippen LogP contribution is 2.34. The fourth-order valence-corrected chi connectivity index (χ4v) is 4.65. The molecule has 1 aliphatic heterocycles. The molecule has 2 heterocycles. The van der Waals surface area contributed by atoms with Crippen molar-refractivity contribution in [1.82, 2.24) is 10.4 Å². The Labute approximate surface area is 188 Å². The van der Waals surface area contributed by atoms with Crippen molar-refractivity contribution in [3.05, 3.63) is 58.6 Å². The van der Waals surface area contributed by atoms with Gasteiger partial charge in [-0.3, -0.25) is 19.3 Å². The molecule has 160 valence electrons. The number of rotatable bonds is 4. The second-order valence-corrected chi connectivity index (χ2v) is 8.53. The quantitative estimate of drug-likeness (QED) is 0.490. The minimum absolute atomic E-state index is 0.0162. The van der Waals surface area contributed by atoms with E-state index in [1.807, 2.05) is 56.3 Å². The number of hydrogen-bond donors (Lipinski definition) is 1. The molecule has 32 heavy (non-hydrogen) atoms. The number of aromatic nitrogens is 1. The topological polar surface area (TPSA) is 116 Å². The Bertz CT molecular complexity index is 1290. The van der Waals surface area contributed by atoms with Gasteiger partial charge in [0.25, 0.3) is 11.8 Å². The molecule has 0 unspecified atom stereocenters. The molecule has 1 fully saturated rings. The summed E-state index contributed by atoms with van der Waals surface area (Å²) >= 11 is 1.31. The van der Waals surface area contributed by atoms with Crippen molar-refractivity contribution < 1.29 is 14.4 Å². The summed E-state index contributed by atoms with van der Waals surface area (Å²) in [6, 6.07) is 14.8. The average Bonchev–Trinajstić information content (AvgIpc) is 3.20. The lowest BCUT2D eigenvalue weighted by Gasteiger charge is -2.32. The molecule has 0 saturated carbocycles. The summed E-state index contributed by atoms with van der Waals surface area (Å²) in [4.78, 5) is 44.2. The molecular formula is C23H19N5O3S. The summed E-state index contributed by atoms with van der Waals surface area (Å²) in [5, 5.41) is 13.3. The van der Waals surface area contributed by atoms with Crippen LogP contribution in [-0.2, 0) is 14.4 Å². The smallest absolute Gasteiger partial charge is 0.295 e. The van der Waals surface area contributed by atoms with E-state index in [4.69, 9.17) is 5.26 Å². The maximum Gasteiger partial charge on any atom is 0.295 e. The third-order valence-electron chi connectivity index (χ3n) is 5.15. The second-order valence-electron chi connectivity index (χ2n) is 7.47. The van der Waals surface area contributed by atoms with Crippen LogP contribution in [0.5, 0.6) is 0 Å². The van der Waals surface area contributed by atoms with Gasteiger partial charge < -0.3 is 0 Å². The van der Waals surface area contributed by atoms with E-state index >= 15 is 0 Å². The number of nitrogens with zero attached hydrogens (tertiary/aromatic N) is 4. The van der Waals surface area contributed by atoms with Crippen molar-refractivity contribution in [2.24, 2.45) is 5.10 Å².